The summed E-state index contributed by atoms with van der Waals surface area (Å²) < 4.78 is 0. The lowest BCUT2D eigenvalue weighted by Gasteiger charge is -2.13. The van der Waals surface area contributed by atoms with Gasteiger partial charge in [-0.1, -0.05) is 50.3 Å². The molecule has 0 heterocycles. The van der Waals surface area contributed by atoms with Crippen LogP contribution in [0, 0.1) is 5.92 Å². The lowest BCUT2D eigenvalue weighted by atomic mass is 9.91. The second-order valence-corrected chi connectivity index (χ2v) is 4.55. The molecule has 1 atom stereocenters. The van der Waals surface area contributed by atoms with Crippen LogP contribution < -0.4 is 0 Å². The molecule has 0 fully saturated rings. The van der Waals surface area contributed by atoms with Crippen molar-refractivity contribution in [3.8, 4) is 0 Å². The zero-order valence-electron chi connectivity index (χ0n) is 11.1. The Bertz CT molecular complexity index is 376. The molecule has 0 saturated carbocycles. The van der Waals surface area contributed by atoms with Crippen LogP contribution in [0.5, 0.6) is 0 Å². The van der Waals surface area contributed by atoms with Crippen molar-refractivity contribution in [1.82, 2.24) is 0 Å². The molecule has 0 aliphatic heterocycles. The second-order valence-electron chi connectivity index (χ2n) is 4.55. The van der Waals surface area contributed by atoms with E-state index in [1.165, 1.54) is 5.56 Å². The molecule has 0 aliphatic rings. The number of benzene rings is 1. The van der Waals surface area contributed by atoms with Crippen LogP contribution in [0.3, 0.4) is 0 Å². The molecule has 0 N–H and O–H groups in total. The number of hydrogen-bond donors (Lipinski definition) is 0. The normalized spacial score (nSPS) is 13.5. The summed E-state index contributed by atoms with van der Waals surface area (Å²) in [6, 6.07) is 10.4. The summed E-state index contributed by atoms with van der Waals surface area (Å²) in [4.78, 5) is 11.5. The number of rotatable bonds is 6. The van der Waals surface area contributed by atoms with Crippen LogP contribution in [0.2, 0.25) is 0 Å². The number of allylic oxidation sites excluding steroid dienone is 2. The van der Waals surface area contributed by atoms with E-state index in [4.69, 9.17) is 0 Å². The van der Waals surface area contributed by atoms with Crippen LogP contribution in [0.4, 0.5) is 0 Å². The van der Waals surface area contributed by atoms with Crippen molar-refractivity contribution in [3.63, 3.8) is 0 Å². The standard InChI is InChI=1S/C16H22O/c1-4-8-16(14(3)17)13(2)11-12-15-9-6-5-7-10-15/h5-10,13H,4,11-12H2,1-3H3/b16-8+. The molecule has 0 radical (unpaired) electrons. The van der Waals surface area contributed by atoms with Gasteiger partial charge < -0.3 is 0 Å². The van der Waals surface area contributed by atoms with Gasteiger partial charge in [-0.2, -0.15) is 0 Å². The molecule has 0 spiro atoms. The minimum absolute atomic E-state index is 0.215. The summed E-state index contributed by atoms with van der Waals surface area (Å²) in [6.45, 7) is 5.89. The fourth-order valence-corrected chi connectivity index (χ4v) is 2.10. The number of carbonyl (C=O) groups excluding carboxylic acids is 1. The molecular formula is C16H22O. The Morgan fingerprint density at radius 2 is 1.94 bits per heavy atom. The highest BCUT2D eigenvalue weighted by Crippen LogP contribution is 2.19. The molecule has 1 unspecified atom stereocenters. The monoisotopic (exact) mass is 230 g/mol. The van der Waals surface area contributed by atoms with Gasteiger partial charge in [-0.25, -0.2) is 0 Å². The largest absolute Gasteiger partial charge is 0.295 e. The predicted octanol–water partition coefficient (Wildman–Crippen LogP) is 4.18. The van der Waals surface area contributed by atoms with E-state index in [9.17, 15) is 4.79 Å². The van der Waals surface area contributed by atoms with E-state index in [1.54, 1.807) is 6.92 Å². The summed E-state index contributed by atoms with van der Waals surface area (Å²) in [5.74, 6) is 0.570. The van der Waals surface area contributed by atoms with E-state index >= 15 is 0 Å². The first-order valence-corrected chi connectivity index (χ1v) is 6.40. The van der Waals surface area contributed by atoms with Crippen LogP contribution in [0.25, 0.3) is 0 Å². The molecule has 1 nitrogen and oxygen atoms in total. The van der Waals surface area contributed by atoms with Crippen molar-refractivity contribution >= 4 is 5.78 Å². The summed E-state index contributed by atoms with van der Waals surface area (Å²) in [5.41, 5.74) is 2.34. The number of hydrogen-bond acceptors (Lipinski definition) is 1. The molecule has 1 aromatic rings. The van der Waals surface area contributed by atoms with Crippen LogP contribution in [-0.2, 0) is 11.2 Å². The van der Waals surface area contributed by atoms with Crippen molar-refractivity contribution in [3.05, 3.63) is 47.5 Å². The van der Waals surface area contributed by atoms with Crippen molar-refractivity contribution in [2.24, 2.45) is 5.92 Å². The highest BCUT2D eigenvalue weighted by molar-refractivity contribution is 5.93. The maximum atomic E-state index is 11.5. The Hall–Kier alpha value is -1.37. The van der Waals surface area contributed by atoms with Gasteiger partial charge in [-0.3, -0.25) is 4.79 Å². The molecule has 0 saturated heterocycles. The lowest BCUT2D eigenvalue weighted by molar-refractivity contribution is -0.114. The van der Waals surface area contributed by atoms with Gasteiger partial charge in [0.1, 0.15) is 0 Å². The summed E-state index contributed by atoms with van der Waals surface area (Å²) >= 11 is 0. The molecule has 0 amide bonds. The Morgan fingerprint density at radius 1 is 1.29 bits per heavy atom. The van der Waals surface area contributed by atoms with Crippen molar-refractivity contribution in [2.75, 3.05) is 0 Å². The average molecular weight is 230 g/mol. The Kier molecular flexibility index (Phi) is 5.68. The van der Waals surface area contributed by atoms with Crippen molar-refractivity contribution in [1.29, 1.82) is 0 Å². The van der Waals surface area contributed by atoms with Gasteiger partial charge in [0.2, 0.25) is 0 Å². The number of aryl methyl sites for hydroxylation is 1. The van der Waals surface area contributed by atoms with Crippen LogP contribution in [0.15, 0.2) is 42.0 Å². The maximum Gasteiger partial charge on any atom is 0.155 e. The van der Waals surface area contributed by atoms with Crippen LogP contribution in [-0.4, -0.2) is 5.78 Å². The smallest absolute Gasteiger partial charge is 0.155 e. The minimum Gasteiger partial charge on any atom is -0.295 e. The summed E-state index contributed by atoms with van der Waals surface area (Å²) in [7, 11) is 0. The molecule has 92 valence electrons. The first-order chi connectivity index (χ1) is 8.15. The third kappa shape index (κ3) is 4.56. The van der Waals surface area contributed by atoms with Gasteiger partial charge in [0.15, 0.2) is 5.78 Å². The molecule has 0 aromatic heterocycles. The Balaban J connectivity index is 2.57. The SMILES string of the molecule is CC/C=C(/C(C)=O)C(C)CCc1ccccc1. The number of Topliss-reactive ketones (excluding diaryl/α,β-unsaturated/α-hetero) is 1. The van der Waals surface area contributed by atoms with Crippen molar-refractivity contribution < 1.29 is 4.79 Å². The van der Waals surface area contributed by atoms with Gasteiger partial charge >= 0.3 is 0 Å². The molecular weight excluding hydrogens is 208 g/mol. The Morgan fingerprint density at radius 3 is 2.47 bits per heavy atom. The third-order valence-corrected chi connectivity index (χ3v) is 3.07. The molecule has 1 rings (SSSR count). The maximum absolute atomic E-state index is 11.5. The fraction of sp³-hybridized carbons (Fsp3) is 0.438. The van der Waals surface area contributed by atoms with E-state index in [0.717, 1.165) is 24.8 Å². The van der Waals surface area contributed by atoms with E-state index < -0.39 is 0 Å². The third-order valence-electron chi connectivity index (χ3n) is 3.07. The van der Waals surface area contributed by atoms with E-state index in [0.29, 0.717) is 5.92 Å². The van der Waals surface area contributed by atoms with Gasteiger partial charge in [-0.05, 0) is 43.2 Å². The van der Waals surface area contributed by atoms with Crippen LogP contribution >= 0.6 is 0 Å². The molecule has 1 aromatic carbocycles. The van der Waals surface area contributed by atoms with E-state index in [-0.39, 0.29) is 5.78 Å². The zero-order chi connectivity index (χ0) is 12.7. The van der Waals surface area contributed by atoms with Crippen LogP contribution in [0.1, 0.15) is 39.2 Å². The number of carbonyl (C=O) groups is 1. The highest BCUT2D eigenvalue weighted by Gasteiger charge is 2.12. The average Bonchev–Trinajstić information content (AvgIpc) is 2.34. The zero-order valence-corrected chi connectivity index (χ0v) is 11.1. The quantitative estimate of drug-likeness (QED) is 0.670. The minimum atomic E-state index is 0.215. The molecule has 1 heteroatoms. The number of ketones is 1. The van der Waals surface area contributed by atoms with Gasteiger partial charge in [0, 0.05) is 0 Å². The van der Waals surface area contributed by atoms with E-state index in [2.05, 4.69) is 44.2 Å². The van der Waals surface area contributed by atoms with E-state index in [1.807, 2.05) is 6.07 Å². The molecule has 0 bridgehead atoms. The summed E-state index contributed by atoms with van der Waals surface area (Å²) in [6.07, 6.45) is 5.08. The molecule has 17 heavy (non-hydrogen) atoms. The molecule has 0 aliphatic carbocycles. The second kappa shape index (κ2) is 7.05. The fourth-order valence-electron chi connectivity index (χ4n) is 2.10. The summed E-state index contributed by atoms with van der Waals surface area (Å²) in [5, 5.41) is 0. The predicted molar refractivity (Wildman–Crippen MR) is 73.0 cm³/mol. The van der Waals surface area contributed by atoms with Gasteiger partial charge in [0.05, 0.1) is 0 Å². The topological polar surface area (TPSA) is 17.1 Å². The van der Waals surface area contributed by atoms with Gasteiger partial charge in [0.25, 0.3) is 0 Å². The van der Waals surface area contributed by atoms with Gasteiger partial charge in [-0.15, -0.1) is 0 Å². The first kappa shape index (κ1) is 13.7. The Labute approximate surface area is 105 Å². The van der Waals surface area contributed by atoms with Crippen molar-refractivity contribution in [2.45, 2.75) is 40.0 Å². The lowest BCUT2D eigenvalue weighted by Crippen LogP contribution is -2.08. The first-order valence-electron chi connectivity index (χ1n) is 6.40. The highest BCUT2D eigenvalue weighted by atomic mass is 16.1.